The van der Waals surface area contributed by atoms with E-state index in [1.54, 1.807) is 6.07 Å². The summed E-state index contributed by atoms with van der Waals surface area (Å²) in [7, 11) is 0. The first-order chi connectivity index (χ1) is 9.67. The Balaban J connectivity index is 1.82. The first-order valence-corrected chi connectivity index (χ1v) is 7.95. The van der Waals surface area contributed by atoms with Gasteiger partial charge in [-0.05, 0) is 35.9 Å². The van der Waals surface area contributed by atoms with Crippen LogP contribution in [0.5, 0.6) is 11.5 Å². The first-order valence-electron chi connectivity index (χ1n) is 6.04. The smallest absolute Gasteiger partial charge is 0.127 e. The van der Waals surface area contributed by atoms with E-state index in [0.717, 1.165) is 15.8 Å². The largest absolute Gasteiger partial charge is 0.490 e. The van der Waals surface area contributed by atoms with Gasteiger partial charge in [-0.1, -0.05) is 37.9 Å². The molecule has 0 heterocycles. The van der Waals surface area contributed by atoms with Crippen LogP contribution in [0, 0.1) is 5.82 Å². The number of alkyl halides is 1. The lowest BCUT2D eigenvalue weighted by Crippen LogP contribution is -2.09. The molecule has 2 nitrogen and oxygen atoms in total. The van der Waals surface area contributed by atoms with Gasteiger partial charge in [0.25, 0.3) is 0 Å². The van der Waals surface area contributed by atoms with E-state index in [4.69, 9.17) is 9.47 Å². The van der Waals surface area contributed by atoms with Crippen LogP contribution in [-0.4, -0.2) is 13.2 Å². The summed E-state index contributed by atoms with van der Waals surface area (Å²) >= 11 is 6.67. The molecule has 2 aromatic rings. The molecule has 0 aliphatic carbocycles. The van der Waals surface area contributed by atoms with Crippen molar-refractivity contribution in [2.24, 2.45) is 0 Å². The fraction of sp³-hybridized carbons (Fsp3) is 0.200. The summed E-state index contributed by atoms with van der Waals surface area (Å²) in [4.78, 5) is 0. The second-order valence-electron chi connectivity index (χ2n) is 4.08. The molecule has 0 radical (unpaired) electrons. The number of rotatable bonds is 6. The minimum Gasteiger partial charge on any atom is -0.490 e. The molecule has 0 aliphatic heterocycles. The lowest BCUT2D eigenvalue weighted by Gasteiger charge is -2.09. The van der Waals surface area contributed by atoms with E-state index in [1.165, 1.54) is 12.1 Å². The van der Waals surface area contributed by atoms with Gasteiger partial charge in [0.05, 0.1) is 0 Å². The molecule has 2 rings (SSSR count). The van der Waals surface area contributed by atoms with Crippen LogP contribution in [0.15, 0.2) is 46.9 Å². The summed E-state index contributed by atoms with van der Waals surface area (Å²) in [6.45, 7) is 0.758. The maximum atomic E-state index is 13.3. The minimum absolute atomic E-state index is 0.301. The quantitative estimate of drug-likeness (QED) is 0.502. The number of hydrogen-bond donors (Lipinski definition) is 0. The van der Waals surface area contributed by atoms with E-state index >= 15 is 0 Å². The summed E-state index contributed by atoms with van der Waals surface area (Å²) in [5.41, 5.74) is 0.841. The zero-order chi connectivity index (χ0) is 14.4. The van der Waals surface area contributed by atoms with Crippen molar-refractivity contribution in [3.63, 3.8) is 0 Å². The zero-order valence-electron chi connectivity index (χ0n) is 10.6. The standard InChI is InChI=1S/C15H13Br2FO2/c16-10-11-6-13(18)9-15(7-11)20-5-4-19-14-3-1-2-12(17)8-14/h1-3,6-9H,4-5,10H2. The SMILES string of the molecule is Fc1cc(CBr)cc(OCCOc2cccc(Br)c2)c1. The maximum absolute atomic E-state index is 13.3. The molecule has 0 saturated carbocycles. The molecule has 5 heteroatoms. The van der Waals surface area contributed by atoms with Crippen LogP contribution >= 0.6 is 31.9 Å². The van der Waals surface area contributed by atoms with Crippen molar-refractivity contribution >= 4 is 31.9 Å². The zero-order valence-corrected chi connectivity index (χ0v) is 13.8. The molecule has 0 aromatic heterocycles. The monoisotopic (exact) mass is 402 g/mol. The molecule has 0 atom stereocenters. The van der Waals surface area contributed by atoms with Crippen LogP contribution in [0.1, 0.15) is 5.56 Å². The molecular formula is C15H13Br2FO2. The molecule has 20 heavy (non-hydrogen) atoms. The maximum Gasteiger partial charge on any atom is 0.127 e. The fourth-order valence-electron chi connectivity index (χ4n) is 1.66. The topological polar surface area (TPSA) is 18.5 Å². The fourth-order valence-corrected chi connectivity index (χ4v) is 2.36. The van der Waals surface area contributed by atoms with Gasteiger partial charge in [-0.3, -0.25) is 0 Å². The summed E-state index contributed by atoms with van der Waals surface area (Å²) < 4.78 is 25.3. The average Bonchev–Trinajstić information content (AvgIpc) is 2.43. The Morgan fingerprint density at radius 2 is 1.70 bits per heavy atom. The van der Waals surface area contributed by atoms with Gasteiger partial charge < -0.3 is 9.47 Å². The number of benzene rings is 2. The van der Waals surface area contributed by atoms with Gasteiger partial charge in [-0.2, -0.15) is 0 Å². The van der Waals surface area contributed by atoms with Crippen molar-refractivity contribution in [3.8, 4) is 11.5 Å². The van der Waals surface area contributed by atoms with Crippen molar-refractivity contribution in [1.82, 2.24) is 0 Å². The van der Waals surface area contributed by atoms with Crippen LogP contribution in [0.3, 0.4) is 0 Å². The van der Waals surface area contributed by atoms with E-state index in [2.05, 4.69) is 31.9 Å². The Hall–Kier alpha value is -1.07. The molecular weight excluding hydrogens is 391 g/mol. The van der Waals surface area contributed by atoms with Gasteiger partial charge >= 0.3 is 0 Å². The predicted octanol–water partition coefficient (Wildman–Crippen LogP) is 4.94. The second-order valence-corrected chi connectivity index (χ2v) is 5.56. The van der Waals surface area contributed by atoms with Crippen LogP contribution in [0.2, 0.25) is 0 Å². The number of ether oxygens (including phenoxy) is 2. The second kappa shape index (κ2) is 7.64. The third kappa shape index (κ3) is 4.80. The van der Waals surface area contributed by atoms with E-state index in [-0.39, 0.29) is 5.82 Å². The summed E-state index contributed by atoms with van der Waals surface area (Å²) in [5.74, 6) is 0.977. The third-order valence-electron chi connectivity index (χ3n) is 2.50. The van der Waals surface area contributed by atoms with Gasteiger partial charge in [0, 0.05) is 15.9 Å². The Morgan fingerprint density at radius 1 is 0.950 bits per heavy atom. The molecule has 0 saturated heterocycles. The minimum atomic E-state index is -0.301. The Labute approximate surface area is 134 Å². The lowest BCUT2D eigenvalue weighted by molar-refractivity contribution is 0.216. The molecule has 0 spiro atoms. The van der Waals surface area contributed by atoms with E-state index in [0.29, 0.717) is 24.3 Å². The Bertz CT molecular complexity index is 576. The molecule has 0 amide bonds. The molecule has 2 aromatic carbocycles. The highest BCUT2D eigenvalue weighted by molar-refractivity contribution is 9.10. The lowest BCUT2D eigenvalue weighted by atomic mass is 10.2. The van der Waals surface area contributed by atoms with Crippen molar-refractivity contribution in [2.75, 3.05) is 13.2 Å². The van der Waals surface area contributed by atoms with E-state index in [9.17, 15) is 4.39 Å². The van der Waals surface area contributed by atoms with Gasteiger partial charge in [-0.25, -0.2) is 4.39 Å². The summed E-state index contributed by atoms with van der Waals surface area (Å²) in [6.07, 6.45) is 0. The first kappa shape index (κ1) is 15.3. The van der Waals surface area contributed by atoms with Gasteiger partial charge in [0.2, 0.25) is 0 Å². The Kier molecular flexibility index (Phi) is 5.86. The van der Waals surface area contributed by atoms with Gasteiger partial charge in [0.1, 0.15) is 30.5 Å². The van der Waals surface area contributed by atoms with Crippen LogP contribution in [0.4, 0.5) is 4.39 Å². The number of halogens is 3. The predicted molar refractivity (Wildman–Crippen MR) is 84.2 cm³/mol. The highest BCUT2D eigenvalue weighted by atomic mass is 79.9. The van der Waals surface area contributed by atoms with E-state index in [1.807, 2.05) is 24.3 Å². The van der Waals surface area contributed by atoms with Gasteiger partial charge in [0.15, 0.2) is 0 Å². The highest BCUT2D eigenvalue weighted by Gasteiger charge is 2.01. The molecule has 0 fully saturated rings. The third-order valence-corrected chi connectivity index (χ3v) is 3.64. The van der Waals surface area contributed by atoms with E-state index < -0.39 is 0 Å². The Morgan fingerprint density at radius 3 is 2.40 bits per heavy atom. The summed E-state index contributed by atoms with van der Waals surface area (Å²) in [6, 6.07) is 12.2. The van der Waals surface area contributed by atoms with Crippen molar-refractivity contribution in [2.45, 2.75) is 5.33 Å². The number of hydrogen-bond acceptors (Lipinski definition) is 2. The molecule has 106 valence electrons. The van der Waals surface area contributed by atoms with Crippen molar-refractivity contribution < 1.29 is 13.9 Å². The van der Waals surface area contributed by atoms with Gasteiger partial charge in [-0.15, -0.1) is 0 Å². The highest BCUT2D eigenvalue weighted by Crippen LogP contribution is 2.19. The molecule has 0 N–H and O–H groups in total. The van der Waals surface area contributed by atoms with Crippen molar-refractivity contribution in [1.29, 1.82) is 0 Å². The molecule has 0 bridgehead atoms. The average molecular weight is 404 g/mol. The van der Waals surface area contributed by atoms with Crippen LogP contribution in [-0.2, 0) is 5.33 Å². The summed E-state index contributed by atoms with van der Waals surface area (Å²) in [5, 5.41) is 0.593. The van der Waals surface area contributed by atoms with Crippen molar-refractivity contribution in [3.05, 3.63) is 58.3 Å². The van der Waals surface area contributed by atoms with Crippen LogP contribution in [0.25, 0.3) is 0 Å². The molecule has 0 unspecified atom stereocenters. The van der Waals surface area contributed by atoms with Crippen LogP contribution < -0.4 is 9.47 Å². The normalized spacial score (nSPS) is 10.3. The molecule has 0 aliphatic rings.